The molecule has 0 saturated carbocycles. The molecule has 3 aromatic carbocycles. The maximum atomic E-state index is 14.1. The summed E-state index contributed by atoms with van der Waals surface area (Å²) in [5.74, 6) is 0.725. The van der Waals surface area contributed by atoms with Gasteiger partial charge in [0.2, 0.25) is 0 Å². The molecule has 0 saturated heterocycles. The summed E-state index contributed by atoms with van der Waals surface area (Å²) >= 11 is 14.7. The molecule has 0 unspecified atom stereocenters. The summed E-state index contributed by atoms with van der Waals surface area (Å²) < 4.78 is 20.8. The van der Waals surface area contributed by atoms with Crippen LogP contribution in [-0.2, 0) is 16.1 Å². The van der Waals surface area contributed by atoms with E-state index in [0.717, 1.165) is 15.6 Å². The number of benzene rings is 3. The highest BCUT2D eigenvalue weighted by atomic mass is 79.9. The van der Waals surface area contributed by atoms with E-state index in [-0.39, 0.29) is 12.2 Å². The summed E-state index contributed by atoms with van der Waals surface area (Å²) in [5.41, 5.74) is 2.85. The molecule has 0 aliphatic carbocycles. The Morgan fingerprint density at radius 3 is 2.44 bits per heavy atom. The number of carbonyl (C=O) groups is 1. The summed E-state index contributed by atoms with van der Waals surface area (Å²) in [7, 11) is 0. The molecule has 1 atom stereocenters. The first kappa shape index (κ1) is 31.3. The lowest BCUT2D eigenvalue weighted by molar-refractivity contribution is -0.139. The van der Waals surface area contributed by atoms with Gasteiger partial charge >= 0.3 is 5.97 Å². The molecular weight excluding hydrogens is 720 g/mol. The summed E-state index contributed by atoms with van der Waals surface area (Å²) in [6, 6.07) is 18.0. The number of rotatable bonds is 9. The van der Waals surface area contributed by atoms with Crippen LogP contribution < -0.4 is 24.4 Å². The maximum absolute atomic E-state index is 14.1. The van der Waals surface area contributed by atoms with Gasteiger partial charge in [-0.2, -0.15) is 0 Å². The van der Waals surface area contributed by atoms with Crippen LogP contribution in [0.4, 0.5) is 0 Å². The fraction of sp³-hybridized carbons (Fsp3) is 0.219. The molecule has 1 aliphatic heterocycles. The lowest BCUT2D eigenvalue weighted by Gasteiger charge is -2.24. The van der Waals surface area contributed by atoms with Crippen molar-refractivity contribution in [3.8, 4) is 11.5 Å². The summed E-state index contributed by atoms with van der Waals surface area (Å²) in [6.07, 6.45) is 1.75. The molecule has 7 nitrogen and oxygen atoms in total. The van der Waals surface area contributed by atoms with Gasteiger partial charge in [0.05, 0.1) is 39.5 Å². The molecule has 0 bridgehead atoms. The Bertz CT molecular complexity index is 1880. The Morgan fingerprint density at radius 1 is 1.05 bits per heavy atom. The van der Waals surface area contributed by atoms with Gasteiger partial charge in [-0.15, -0.1) is 0 Å². The van der Waals surface area contributed by atoms with Crippen molar-refractivity contribution in [2.45, 2.75) is 33.4 Å². The van der Waals surface area contributed by atoms with Crippen LogP contribution in [0.5, 0.6) is 11.5 Å². The zero-order chi connectivity index (χ0) is 30.7. The molecule has 2 heterocycles. The highest BCUT2D eigenvalue weighted by Gasteiger charge is 2.33. The van der Waals surface area contributed by atoms with E-state index < -0.39 is 12.0 Å². The lowest BCUT2D eigenvalue weighted by Crippen LogP contribution is -2.39. The molecule has 0 amide bonds. The Balaban J connectivity index is 1.63. The van der Waals surface area contributed by atoms with Crippen molar-refractivity contribution in [3.05, 3.63) is 122 Å². The van der Waals surface area contributed by atoms with E-state index >= 15 is 0 Å². The number of fused-ring (bicyclic) bond motifs is 1. The average molecular weight is 747 g/mol. The minimum Gasteiger partial charge on any atom is -0.494 e. The van der Waals surface area contributed by atoms with Gasteiger partial charge in [0.25, 0.3) is 5.56 Å². The number of hydrogen-bond donors (Lipinski definition) is 0. The fourth-order valence-electron chi connectivity index (χ4n) is 4.74. The number of hydrogen-bond acceptors (Lipinski definition) is 7. The average Bonchev–Trinajstić information content (AvgIpc) is 3.27. The largest absolute Gasteiger partial charge is 0.494 e. The molecule has 0 spiro atoms. The monoisotopic (exact) mass is 744 g/mol. The molecule has 0 radical (unpaired) electrons. The molecule has 1 aliphatic rings. The van der Waals surface area contributed by atoms with Crippen molar-refractivity contribution in [1.29, 1.82) is 0 Å². The van der Waals surface area contributed by atoms with Crippen LogP contribution in [0, 0.1) is 0 Å². The van der Waals surface area contributed by atoms with E-state index in [9.17, 15) is 9.59 Å². The molecule has 4 aromatic rings. The van der Waals surface area contributed by atoms with Crippen molar-refractivity contribution < 1.29 is 19.0 Å². The highest BCUT2D eigenvalue weighted by Crippen LogP contribution is 2.35. The van der Waals surface area contributed by atoms with E-state index in [0.29, 0.717) is 60.4 Å². The Labute approximate surface area is 274 Å². The van der Waals surface area contributed by atoms with Crippen molar-refractivity contribution in [2.24, 2.45) is 4.99 Å². The third-order valence-electron chi connectivity index (χ3n) is 6.64. The minimum atomic E-state index is -0.729. The van der Waals surface area contributed by atoms with Crippen molar-refractivity contribution in [1.82, 2.24) is 4.57 Å². The van der Waals surface area contributed by atoms with Gasteiger partial charge in [0, 0.05) is 15.1 Å². The predicted octanol–water partition coefficient (Wildman–Crippen LogP) is 6.95. The molecule has 222 valence electrons. The van der Waals surface area contributed by atoms with E-state index in [4.69, 9.17) is 25.8 Å². The van der Waals surface area contributed by atoms with Gasteiger partial charge < -0.3 is 14.2 Å². The number of thiazole rings is 1. The van der Waals surface area contributed by atoms with Gasteiger partial charge in [-0.3, -0.25) is 9.36 Å². The number of halogens is 3. The number of aromatic nitrogens is 1. The third-order valence-corrected chi connectivity index (χ3v) is 8.96. The van der Waals surface area contributed by atoms with Crippen molar-refractivity contribution in [2.75, 3.05) is 13.2 Å². The van der Waals surface area contributed by atoms with Gasteiger partial charge in [-0.25, -0.2) is 9.79 Å². The number of esters is 1. The smallest absolute Gasteiger partial charge is 0.338 e. The highest BCUT2D eigenvalue weighted by molar-refractivity contribution is 9.10. The van der Waals surface area contributed by atoms with E-state index in [1.165, 1.54) is 11.3 Å². The second-order valence-electron chi connectivity index (χ2n) is 9.53. The first-order valence-corrected chi connectivity index (χ1v) is 16.3. The molecule has 5 rings (SSSR count). The Morgan fingerprint density at radius 2 is 1.77 bits per heavy atom. The number of carbonyl (C=O) groups excluding carboxylic acids is 1. The Kier molecular flexibility index (Phi) is 9.91. The van der Waals surface area contributed by atoms with Crippen LogP contribution in [0.15, 0.2) is 90.7 Å². The normalized spacial score (nSPS) is 14.7. The van der Waals surface area contributed by atoms with Gasteiger partial charge in [-0.1, -0.05) is 63.1 Å². The number of allylic oxidation sites excluding steroid dienone is 1. The van der Waals surface area contributed by atoms with Crippen molar-refractivity contribution >= 4 is 66.8 Å². The van der Waals surface area contributed by atoms with E-state index in [2.05, 4.69) is 36.9 Å². The zero-order valence-corrected chi connectivity index (χ0v) is 28.3. The van der Waals surface area contributed by atoms with Crippen molar-refractivity contribution in [3.63, 3.8) is 0 Å². The standard InChI is InChI=1S/C32H27Br2ClN2O5S/c1-4-40-24-12-8-20(9-13-24)28-27(31(39)41-5-2)18(3)36-32-37(28)30(38)26(43-32)15-21-14-23(35)16-25(34)29(21)42-17-19-6-10-22(33)11-7-19/h6-16,28H,4-5,17H2,1-3H3/b26-15-/t28-/m0/s1. The third kappa shape index (κ3) is 6.82. The van der Waals surface area contributed by atoms with Crippen LogP contribution >= 0.6 is 54.8 Å². The second-order valence-corrected chi connectivity index (χ2v) is 12.7. The first-order valence-electron chi connectivity index (χ1n) is 13.5. The topological polar surface area (TPSA) is 79.1 Å². The van der Waals surface area contributed by atoms with Crippen LogP contribution in [0.2, 0.25) is 5.02 Å². The number of ether oxygens (including phenoxy) is 3. The number of nitrogens with zero attached hydrogens (tertiary/aromatic N) is 2. The molecular formula is C32H27Br2ClN2O5S. The SMILES string of the molecule is CCOC(=O)C1=C(C)N=c2s/c(=C\c3cc(Cl)cc(Br)c3OCc3ccc(Br)cc3)c(=O)n2[C@H]1c1ccc(OCC)cc1. The van der Waals surface area contributed by atoms with Crippen LogP contribution in [-0.4, -0.2) is 23.8 Å². The van der Waals surface area contributed by atoms with Gasteiger partial charge in [0.15, 0.2) is 4.80 Å². The molecule has 43 heavy (non-hydrogen) atoms. The Hall–Kier alpha value is -3.18. The van der Waals surface area contributed by atoms with Crippen LogP contribution in [0.25, 0.3) is 6.08 Å². The van der Waals surface area contributed by atoms with Crippen LogP contribution in [0.1, 0.15) is 43.5 Å². The van der Waals surface area contributed by atoms with E-state index in [1.54, 1.807) is 36.6 Å². The maximum Gasteiger partial charge on any atom is 0.338 e. The molecule has 0 fully saturated rings. The second kappa shape index (κ2) is 13.6. The van der Waals surface area contributed by atoms with Gasteiger partial charge in [0.1, 0.15) is 18.1 Å². The van der Waals surface area contributed by atoms with Crippen LogP contribution in [0.3, 0.4) is 0 Å². The lowest BCUT2D eigenvalue weighted by atomic mass is 9.96. The summed E-state index contributed by atoms with van der Waals surface area (Å²) in [6.45, 7) is 6.45. The molecule has 1 aromatic heterocycles. The predicted molar refractivity (Wildman–Crippen MR) is 176 cm³/mol. The van der Waals surface area contributed by atoms with E-state index in [1.807, 2.05) is 55.5 Å². The molecule has 0 N–H and O–H groups in total. The minimum absolute atomic E-state index is 0.197. The summed E-state index contributed by atoms with van der Waals surface area (Å²) in [4.78, 5) is 32.4. The zero-order valence-electron chi connectivity index (χ0n) is 23.5. The quantitative estimate of drug-likeness (QED) is 0.173. The van der Waals surface area contributed by atoms with Gasteiger partial charge in [-0.05, 0) is 90.3 Å². The molecule has 11 heteroatoms. The fourth-order valence-corrected chi connectivity index (χ4v) is 6.99. The first-order chi connectivity index (χ1) is 20.7. The summed E-state index contributed by atoms with van der Waals surface area (Å²) in [5, 5.41) is 0.481.